The summed E-state index contributed by atoms with van der Waals surface area (Å²) in [6.45, 7) is 3.64. The molecule has 0 spiro atoms. The Kier molecular flexibility index (Phi) is 5.38. The minimum Gasteiger partial charge on any atom is -0.492 e. The lowest BCUT2D eigenvalue weighted by Gasteiger charge is -2.15. The highest BCUT2D eigenvalue weighted by Crippen LogP contribution is 2.20. The molecule has 1 fully saturated rings. The van der Waals surface area contributed by atoms with Crippen LogP contribution in [0.4, 0.5) is 0 Å². The van der Waals surface area contributed by atoms with Crippen molar-refractivity contribution in [1.82, 2.24) is 10.2 Å². The van der Waals surface area contributed by atoms with Crippen molar-refractivity contribution in [1.29, 1.82) is 0 Å². The third-order valence-corrected chi connectivity index (χ3v) is 4.17. The van der Waals surface area contributed by atoms with Gasteiger partial charge >= 0.3 is 0 Å². The zero-order valence-electron chi connectivity index (χ0n) is 14.2. The number of carbonyl (C=O) groups excluding carboxylic acids is 2. The van der Waals surface area contributed by atoms with Gasteiger partial charge in [-0.05, 0) is 36.8 Å². The summed E-state index contributed by atoms with van der Waals surface area (Å²) >= 11 is 0. The Hall–Kier alpha value is -2.76. The monoisotopic (exact) mass is 342 g/mol. The van der Waals surface area contributed by atoms with Crippen molar-refractivity contribution in [2.24, 2.45) is 5.92 Å². The van der Waals surface area contributed by atoms with E-state index in [9.17, 15) is 9.59 Å². The molecule has 1 aromatic heterocycles. The number of nitrogens with one attached hydrogen (secondary N) is 1. The summed E-state index contributed by atoms with van der Waals surface area (Å²) < 4.78 is 10.9. The molecule has 2 amide bonds. The molecule has 0 bridgehead atoms. The predicted octanol–water partition coefficient (Wildman–Crippen LogP) is 2.13. The zero-order valence-corrected chi connectivity index (χ0v) is 14.2. The molecule has 25 heavy (non-hydrogen) atoms. The van der Waals surface area contributed by atoms with Crippen molar-refractivity contribution in [3.8, 4) is 5.75 Å². The van der Waals surface area contributed by atoms with Crippen molar-refractivity contribution < 1.29 is 18.7 Å². The molecule has 3 rings (SSSR count). The number of nitrogens with zero attached hydrogens (tertiary/aromatic N) is 1. The Labute approximate surface area is 146 Å². The number of amides is 2. The van der Waals surface area contributed by atoms with Crippen molar-refractivity contribution in [2.45, 2.75) is 19.9 Å². The van der Waals surface area contributed by atoms with Crippen molar-refractivity contribution >= 4 is 11.8 Å². The Morgan fingerprint density at radius 1 is 1.36 bits per heavy atom. The second-order valence-electron chi connectivity index (χ2n) is 6.21. The van der Waals surface area contributed by atoms with Gasteiger partial charge in [0.2, 0.25) is 11.8 Å². The van der Waals surface area contributed by atoms with Gasteiger partial charge in [-0.1, -0.05) is 12.1 Å². The van der Waals surface area contributed by atoms with Crippen LogP contribution >= 0.6 is 0 Å². The summed E-state index contributed by atoms with van der Waals surface area (Å²) in [6.07, 6.45) is 1.82. The molecular formula is C19H22N2O4. The Bertz CT molecular complexity index is 727. The quantitative estimate of drug-likeness (QED) is 0.783. The van der Waals surface area contributed by atoms with E-state index in [0.29, 0.717) is 26.2 Å². The molecule has 0 aliphatic carbocycles. The highest BCUT2D eigenvalue weighted by Gasteiger charge is 2.34. The highest BCUT2D eigenvalue weighted by atomic mass is 16.5. The van der Waals surface area contributed by atoms with Gasteiger partial charge in [0.1, 0.15) is 18.1 Å². The van der Waals surface area contributed by atoms with E-state index in [1.165, 1.54) is 0 Å². The lowest BCUT2D eigenvalue weighted by atomic mass is 10.1. The number of furan rings is 1. The van der Waals surface area contributed by atoms with Crippen LogP contribution in [0.15, 0.2) is 47.1 Å². The molecule has 6 heteroatoms. The van der Waals surface area contributed by atoms with Crippen LogP contribution in [0, 0.1) is 12.8 Å². The molecule has 2 heterocycles. The van der Waals surface area contributed by atoms with Gasteiger partial charge in [0.15, 0.2) is 0 Å². The van der Waals surface area contributed by atoms with E-state index in [-0.39, 0.29) is 24.2 Å². The molecular weight excluding hydrogens is 320 g/mol. The summed E-state index contributed by atoms with van der Waals surface area (Å²) in [6, 6.07) is 11.4. The lowest BCUT2D eigenvalue weighted by Crippen LogP contribution is -2.35. The number of likely N-dealkylation sites (tertiary alicyclic amines) is 1. The number of rotatable bonds is 7. The number of aryl methyl sites for hydroxylation is 1. The normalized spacial score (nSPS) is 16.9. The van der Waals surface area contributed by atoms with Crippen molar-refractivity contribution in [3.63, 3.8) is 0 Å². The Morgan fingerprint density at radius 2 is 2.24 bits per heavy atom. The van der Waals surface area contributed by atoms with Crippen LogP contribution in [0.2, 0.25) is 0 Å². The highest BCUT2D eigenvalue weighted by molar-refractivity contribution is 5.89. The summed E-state index contributed by atoms with van der Waals surface area (Å²) in [4.78, 5) is 25.9. The second-order valence-corrected chi connectivity index (χ2v) is 6.21. The molecule has 132 valence electrons. The van der Waals surface area contributed by atoms with E-state index in [1.54, 1.807) is 17.2 Å². The first-order valence-corrected chi connectivity index (χ1v) is 8.39. The van der Waals surface area contributed by atoms with E-state index in [2.05, 4.69) is 5.32 Å². The Morgan fingerprint density at radius 3 is 3.00 bits per heavy atom. The number of hydrogen-bond acceptors (Lipinski definition) is 4. The molecule has 2 aromatic rings. The fourth-order valence-corrected chi connectivity index (χ4v) is 2.88. The van der Waals surface area contributed by atoms with E-state index in [0.717, 1.165) is 17.1 Å². The number of benzene rings is 1. The van der Waals surface area contributed by atoms with Crippen LogP contribution in [-0.2, 0) is 16.1 Å². The van der Waals surface area contributed by atoms with Gasteiger partial charge in [-0.25, -0.2) is 0 Å². The van der Waals surface area contributed by atoms with Gasteiger partial charge in [0.05, 0.1) is 25.3 Å². The molecule has 1 N–H and O–H groups in total. The predicted molar refractivity (Wildman–Crippen MR) is 91.9 cm³/mol. The van der Waals surface area contributed by atoms with Gasteiger partial charge in [-0.3, -0.25) is 9.59 Å². The largest absolute Gasteiger partial charge is 0.492 e. The van der Waals surface area contributed by atoms with Crippen molar-refractivity contribution in [3.05, 3.63) is 54.0 Å². The van der Waals surface area contributed by atoms with Crippen LogP contribution < -0.4 is 10.1 Å². The molecule has 1 aromatic carbocycles. The first-order valence-electron chi connectivity index (χ1n) is 8.39. The van der Waals surface area contributed by atoms with E-state index in [1.807, 2.05) is 37.3 Å². The Balaban J connectivity index is 1.40. The second kappa shape index (κ2) is 7.88. The smallest absolute Gasteiger partial charge is 0.225 e. The molecule has 1 unspecified atom stereocenters. The first-order chi connectivity index (χ1) is 12.1. The van der Waals surface area contributed by atoms with Gasteiger partial charge in [-0.15, -0.1) is 0 Å². The van der Waals surface area contributed by atoms with Crippen LogP contribution in [0.3, 0.4) is 0 Å². The van der Waals surface area contributed by atoms with Crippen molar-refractivity contribution in [2.75, 3.05) is 19.7 Å². The maximum Gasteiger partial charge on any atom is 0.225 e. The van der Waals surface area contributed by atoms with Crippen LogP contribution in [0.1, 0.15) is 17.7 Å². The average Bonchev–Trinajstić information content (AvgIpc) is 3.22. The lowest BCUT2D eigenvalue weighted by molar-refractivity contribution is -0.129. The van der Waals surface area contributed by atoms with Crippen LogP contribution in [-0.4, -0.2) is 36.4 Å². The molecule has 1 aliphatic rings. The van der Waals surface area contributed by atoms with Gasteiger partial charge in [0.25, 0.3) is 0 Å². The third kappa shape index (κ3) is 4.62. The van der Waals surface area contributed by atoms with E-state index < -0.39 is 0 Å². The zero-order chi connectivity index (χ0) is 17.6. The average molecular weight is 342 g/mol. The number of carbonyl (C=O) groups is 2. The van der Waals surface area contributed by atoms with Gasteiger partial charge in [0, 0.05) is 13.0 Å². The molecule has 1 aliphatic heterocycles. The molecule has 0 radical (unpaired) electrons. The summed E-state index contributed by atoms with van der Waals surface area (Å²) in [5.74, 6) is 1.06. The fraction of sp³-hybridized carbons (Fsp3) is 0.368. The minimum absolute atomic E-state index is 0.0208. The molecule has 0 saturated carbocycles. The fourth-order valence-electron chi connectivity index (χ4n) is 2.88. The first kappa shape index (κ1) is 17.1. The molecule has 1 saturated heterocycles. The molecule has 6 nitrogen and oxygen atoms in total. The minimum atomic E-state index is -0.318. The number of hydrogen-bond donors (Lipinski definition) is 1. The standard InChI is InChI=1S/C19H22N2O4/c1-14-4-2-5-16(10-14)25-9-7-20-19(23)15-11-18(22)21(12-15)13-17-6-3-8-24-17/h2-6,8,10,15H,7,9,11-13H2,1H3,(H,20,23). The van der Waals surface area contributed by atoms with Gasteiger partial charge in [-0.2, -0.15) is 0 Å². The van der Waals surface area contributed by atoms with E-state index in [4.69, 9.17) is 9.15 Å². The maximum atomic E-state index is 12.2. The van der Waals surface area contributed by atoms with Crippen LogP contribution in [0.5, 0.6) is 5.75 Å². The third-order valence-electron chi connectivity index (χ3n) is 4.17. The van der Waals surface area contributed by atoms with Gasteiger partial charge < -0.3 is 19.4 Å². The topological polar surface area (TPSA) is 71.8 Å². The SMILES string of the molecule is Cc1cccc(OCCNC(=O)C2CC(=O)N(Cc3ccco3)C2)c1. The summed E-state index contributed by atoms with van der Waals surface area (Å²) in [7, 11) is 0. The summed E-state index contributed by atoms with van der Waals surface area (Å²) in [5.41, 5.74) is 1.13. The van der Waals surface area contributed by atoms with E-state index >= 15 is 0 Å². The maximum absolute atomic E-state index is 12.2. The summed E-state index contributed by atoms with van der Waals surface area (Å²) in [5, 5.41) is 2.84. The molecule has 1 atom stereocenters. The van der Waals surface area contributed by atoms with Crippen LogP contribution in [0.25, 0.3) is 0 Å². The number of ether oxygens (including phenoxy) is 1.